The molecule has 2 N–H and O–H groups in total. The Morgan fingerprint density at radius 1 is 1.50 bits per heavy atom. The lowest BCUT2D eigenvalue weighted by Crippen LogP contribution is -2.51. The summed E-state index contributed by atoms with van der Waals surface area (Å²) in [6.45, 7) is 3.21. The van der Waals surface area contributed by atoms with Gasteiger partial charge in [-0.05, 0) is 24.6 Å². The molecular weight excluding hydrogens is 325 g/mol. The summed E-state index contributed by atoms with van der Waals surface area (Å²) in [5.74, 6) is -0.0621. The number of nitrogens with zero attached hydrogens (tertiary/aromatic N) is 1. The first-order valence-corrected chi connectivity index (χ1v) is 7.51. The number of halogens is 2. The molecule has 1 aromatic rings. The Morgan fingerprint density at radius 2 is 2.23 bits per heavy atom. The minimum absolute atomic E-state index is 0. The van der Waals surface area contributed by atoms with E-state index in [1.165, 1.54) is 0 Å². The number of carbonyl (C=O) groups excluding carboxylic acids is 1. The SMILES string of the molecule is COCCCN(C)C(=O)c1ccc(NC2CNC2)cc1Cl.Cl. The summed E-state index contributed by atoms with van der Waals surface area (Å²) in [7, 11) is 3.43. The van der Waals surface area contributed by atoms with Crippen LogP contribution >= 0.6 is 24.0 Å². The average molecular weight is 348 g/mol. The van der Waals surface area contributed by atoms with Gasteiger partial charge in [0.1, 0.15) is 0 Å². The van der Waals surface area contributed by atoms with Crippen LogP contribution < -0.4 is 10.6 Å². The molecule has 1 aromatic carbocycles. The molecule has 7 heteroatoms. The molecule has 0 bridgehead atoms. The quantitative estimate of drug-likeness (QED) is 0.743. The highest BCUT2D eigenvalue weighted by Gasteiger charge is 2.18. The van der Waals surface area contributed by atoms with Gasteiger partial charge in [0.15, 0.2) is 0 Å². The van der Waals surface area contributed by atoms with Crippen LogP contribution in [0.5, 0.6) is 0 Å². The lowest BCUT2D eigenvalue weighted by atomic mass is 10.1. The van der Waals surface area contributed by atoms with E-state index >= 15 is 0 Å². The van der Waals surface area contributed by atoms with Crippen LogP contribution in [0.4, 0.5) is 5.69 Å². The van der Waals surface area contributed by atoms with Crippen LogP contribution in [-0.4, -0.2) is 57.2 Å². The number of rotatable bonds is 7. The van der Waals surface area contributed by atoms with Gasteiger partial charge in [0.25, 0.3) is 5.91 Å². The smallest absolute Gasteiger partial charge is 0.255 e. The van der Waals surface area contributed by atoms with Gasteiger partial charge in [-0.1, -0.05) is 11.6 Å². The molecule has 0 saturated carbocycles. The van der Waals surface area contributed by atoms with Gasteiger partial charge in [0.2, 0.25) is 0 Å². The zero-order chi connectivity index (χ0) is 15.2. The van der Waals surface area contributed by atoms with E-state index in [0.29, 0.717) is 29.8 Å². The first kappa shape index (κ1) is 19.0. The third kappa shape index (κ3) is 5.02. The fourth-order valence-electron chi connectivity index (χ4n) is 2.16. The summed E-state index contributed by atoms with van der Waals surface area (Å²) < 4.78 is 4.99. The first-order chi connectivity index (χ1) is 10.1. The molecule has 2 rings (SSSR count). The predicted molar refractivity (Wildman–Crippen MR) is 92.4 cm³/mol. The fourth-order valence-corrected chi connectivity index (χ4v) is 2.42. The van der Waals surface area contributed by atoms with Gasteiger partial charge >= 0.3 is 0 Å². The molecule has 1 amide bonds. The van der Waals surface area contributed by atoms with Crippen molar-refractivity contribution in [3.8, 4) is 0 Å². The lowest BCUT2D eigenvalue weighted by Gasteiger charge is -2.29. The monoisotopic (exact) mass is 347 g/mol. The molecule has 1 aliphatic rings. The van der Waals surface area contributed by atoms with Crippen molar-refractivity contribution >= 4 is 35.6 Å². The molecule has 0 aromatic heterocycles. The van der Waals surface area contributed by atoms with E-state index in [1.807, 2.05) is 12.1 Å². The summed E-state index contributed by atoms with van der Waals surface area (Å²) in [6.07, 6.45) is 0.810. The molecule has 22 heavy (non-hydrogen) atoms. The van der Waals surface area contributed by atoms with E-state index < -0.39 is 0 Å². The summed E-state index contributed by atoms with van der Waals surface area (Å²) in [5.41, 5.74) is 1.49. The number of hydrogen-bond donors (Lipinski definition) is 2. The highest BCUT2D eigenvalue weighted by atomic mass is 35.5. The molecule has 0 spiro atoms. The van der Waals surface area contributed by atoms with Crippen molar-refractivity contribution in [2.24, 2.45) is 0 Å². The number of carbonyl (C=O) groups is 1. The largest absolute Gasteiger partial charge is 0.385 e. The Balaban J connectivity index is 0.00000242. The second kappa shape index (κ2) is 9.20. The highest BCUT2D eigenvalue weighted by molar-refractivity contribution is 6.34. The summed E-state index contributed by atoms with van der Waals surface area (Å²) in [6, 6.07) is 5.95. The molecule has 0 unspecified atom stereocenters. The molecule has 1 aliphatic heterocycles. The number of nitrogens with one attached hydrogen (secondary N) is 2. The van der Waals surface area contributed by atoms with Gasteiger partial charge in [0.05, 0.1) is 16.6 Å². The van der Waals surface area contributed by atoms with Crippen LogP contribution in [0.15, 0.2) is 18.2 Å². The second-order valence-electron chi connectivity index (χ2n) is 5.27. The minimum atomic E-state index is -0.0621. The number of benzene rings is 1. The minimum Gasteiger partial charge on any atom is -0.385 e. The molecule has 0 aliphatic carbocycles. The molecule has 5 nitrogen and oxygen atoms in total. The average Bonchev–Trinajstić information content (AvgIpc) is 2.42. The van der Waals surface area contributed by atoms with E-state index in [9.17, 15) is 4.79 Å². The summed E-state index contributed by atoms with van der Waals surface area (Å²) in [5, 5.41) is 7.05. The Morgan fingerprint density at radius 3 is 2.77 bits per heavy atom. The van der Waals surface area contributed by atoms with Crippen LogP contribution in [0.1, 0.15) is 16.8 Å². The number of methoxy groups -OCH3 is 1. The number of hydrogen-bond acceptors (Lipinski definition) is 4. The van der Waals surface area contributed by atoms with E-state index in [1.54, 1.807) is 25.1 Å². The maximum atomic E-state index is 12.3. The Hall–Kier alpha value is -1.01. The topological polar surface area (TPSA) is 53.6 Å². The second-order valence-corrected chi connectivity index (χ2v) is 5.67. The number of ether oxygens (including phenoxy) is 1. The van der Waals surface area contributed by atoms with Gasteiger partial charge in [-0.2, -0.15) is 0 Å². The van der Waals surface area contributed by atoms with E-state index in [2.05, 4.69) is 10.6 Å². The summed E-state index contributed by atoms with van der Waals surface area (Å²) >= 11 is 6.25. The first-order valence-electron chi connectivity index (χ1n) is 7.13. The normalized spacial score (nSPS) is 14.0. The van der Waals surface area contributed by atoms with Gasteiger partial charge < -0.3 is 20.3 Å². The third-order valence-electron chi connectivity index (χ3n) is 3.54. The molecule has 0 atom stereocenters. The van der Waals surface area contributed by atoms with Gasteiger partial charge in [-0.15, -0.1) is 12.4 Å². The zero-order valence-electron chi connectivity index (χ0n) is 12.9. The highest BCUT2D eigenvalue weighted by Crippen LogP contribution is 2.23. The van der Waals surface area contributed by atoms with Gasteiger partial charge in [-0.3, -0.25) is 4.79 Å². The Labute approximate surface area is 142 Å². The Kier molecular flexibility index (Phi) is 7.96. The van der Waals surface area contributed by atoms with Crippen LogP contribution in [0, 0.1) is 0 Å². The van der Waals surface area contributed by atoms with Crippen LogP contribution in [0.2, 0.25) is 5.02 Å². The Bertz CT molecular complexity index is 496. The lowest BCUT2D eigenvalue weighted by molar-refractivity contribution is 0.0779. The van der Waals surface area contributed by atoms with E-state index in [0.717, 1.165) is 25.2 Å². The van der Waals surface area contributed by atoms with Crippen molar-refractivity contribution < 1.29 is 9.53 Å². The van der Waals surface area contributed by atoms with Gasteiger partial charge in [-0.25, -0.2) is 0 Å². The van der Waals surface area contributed by atoms with Crippen LogP contribution in [-0.2, 0) is 4.74 Å². The molecule has 1 heterocycles. The molecule has 1 fully saturated rings. The third-order valence-corrected chi connectivity index (χ3v) is 3.85. The zero-order valence-corrected chi connectivity index (χ0v) is 14.5. The van der Waals surface area contributed by atoms with Crippen molar-refractivity contribution in [2.45, 2.75) is 12.5 Å². The summed E-state index contributed by atoms with van der Waals surface area (Å²) in [4.78, 5) is 14.0. The molecule has 0 radical (unpaired) electrons. The maximum absolute atomic E-state index is 12.3. The predicted octanol–water partition coefficient (Wildman–Crippen LogP) is 2.25. The molecular formula is C15H23Cl2N3O2. The van der Waals surface area contributed by atoms with Crippen LogP contribution in [0.25, 0.3) is 0 Å². The van der Waals surface area contributed by atoms with Crippen molar-refractivity contribution in [2.75, 3.05) is 45.7 Å². The van der Waals surface area contributed by atoms with Crippen molar-refractivity contribution in [1.29, 1.82) is 0 Å². The van der Waals surface area contributed by atoms with Gasteiger partial charge in [0, 0.05) is 46.1 Å². The number of amides is 1. The molecule has 1 saturated heterocycles. The maximum Gasteiger partial charge on any atom is 0.255 e. The fraction of sp³-hybridized carbons (Fsp3) is 0.533. The van der Waals surface area contributed by atoms with E-state index in [4.69, 9.17) is 16.3 Å². The molecule has 124 valence electrons. The van der Waals surface area contributed by atoms with Crippen molar-refractivity contribution in [1.82, 2.24) is 10.2 Å². The van der Waals surface area contributed by atoms with Crippen LogP contribution in [0.3, 0.4) is 0 Å². The number of anilines is 1. The van der Waals surface area contributed by atoms with E-state index in [-0.39, 0.29) is 18.3 Å². The van der Waals surface area contributed by atoms with Crippen molar-refractivity contribution in [3.05, 3.63) is 28.8 Å². The van der Waals surface area contributed by atoms with Crippen molar-refractivity contribution in [3.63, 3.8) is 0 Å². The standard InChI is InChI=1S/C15H22ClN3O2.ClH/c1-19(6-3-7-21-2)15(20)13-5-4-11(8-14(13)16)18-12-9-17-10-12;/h4-5,8,12,17-18H,3,6-7,9-10H2,1-2H3;1H.